The summed E-state index contributed by atoms with van der Waals surface area (Å²) in [4.78, 5) is 12.3. The quantitative estimate of drug-likeness (QED) is 0.620. The first-order chi connectivity index (χ1) is 12.1. The van der Waals surface area contributed by atoms with Crippen LogP contribution in [-0.4, -0.2) is 18.2 Å². The molecule has 0 fully saturated rings. The van der Waals surface area contributed by atoms with Crippen molar-refractivity contribution in [1.82, 2.24) is 5.32 Å². The summed E-state index contributed by atoms with van der Waals surface area (Å²) in [6.07, 6.45) is 0. The maximum absolute atomic E-state index is 12.3. The molecule has 0 aliphatic carbocycles. The first-order valence-corrected chi connectivity index (χ1v) is 9.35. The molecule has 0 amide bonds. The van der Waals surface area contributed by atoms with Gasteiger partial charge in [-0.05, 0) is 30.8 Å². The lowest BCUT2D eigenvalue weighted by molar-refractivity contribution is 0.449. The summed E-state index contributed by atoms with van der Waals surface area (Å²) < 4.78 is 5.69. The van der Waals surface area contributed by atoms with Crippen LogP contribution in [-0.2, 0) is 5.33 Å². The van der Waals surface area contributed by atoms with Crippen molar-refractivity contribution in [2.24, 2.45) is 0 Å². The predicted molar refractivity (Wildman–Crippen MR) is 106 cm³/mol. The van der Waals surface area contributed by atoms with Gasteiger partial charge in [0, 0.05) is 10.9 Å². The highest BCUT2D eigenvalue weighted by Crippen LogP contribution is 2.30. The van der Waals surface area contributed by atoms with Crippen molar-refractivity contribution in [2.75, 3.05) is 13.1 Å². The average molecular weight is 404 g/mol. The summed E-state index contributed by atoms with van der Waals surface area (Å²) in [6, 6.07) is 14.4. The van der Waals surface area contributed by atoms with Crippen LogP contribution in [0.25, 0.3) is 22.3 Å². The van der Waals surface area contributed by atoms with Gasteiger partial charge in [-0.25, -0.2) is 0 Å². The first-order valence-electron chi connectivity index (χ1n) is 8.23. The summed E-state index contributed by atoms with van der Waals surface area (Å²) in [5, 5.41) is 14.2. The Morgan fingerprint density at radius 2 is 1.76 bits per heavy atom. The molecular formula is C20H22BrNO3. The summed E-state index contributed by atoms with van der Waals surface area (Å²) in [5.41, 5.74) is 1.69. The van der Waals surface area contributed by atoms with Crippen molar-refractivity contribution in [3.05, 3.63) is 64.3 Å². The molecule has 3 rings (SSSR count). The first kappa shape index (κ1) is 19.2. The molecule has 2 aromatic carbocycles. The van der Waals surface area contributed by atoms with Gasteiger partial charge in [0.25, 0.3) is 0 Å². The second kappa shape index (κ2) is 9.39. The number of alkyl halides is 1. The van der Waals surface area contributed by atoms with Crippen LogP contribution >= 0.6 is 15.9 Å². The number of fused-ring (bicyclic) bond motifs is 1. The maximum atomic E-state index is 12.3. The van der Waals surface area contributed by atoms with Gasteiger partial charge in [0.05, 0.1) is 5.39 Å². The molecule has 0 bridgehead atoms. The number of halogens is 1. The van der Waals surface area contributed by atoms with Crippen LogP contribution in [0.2, 0.25) is 0 Å². The van der Waals surface area contributed by atoms with Crippen LogP contribution in [0.5, 0.6) is 5.75 Å². The second-order valence-electron chi connectivity index (χ2n) is 5.40. The molecule has 0 aliphatic rings. The van der Waals surface area contributed by atoms with E-state index in [0.717, 1.165) is 18.7 Å². The summed E-state index contributed by atoms with van der Waals surface area (Å²) in [6.45, 7) is 6.39. The van der Waals surface area contributed by atoms with Crippen molar-refractivity contribution in [3.63, 3.8) is 0 Å². The lowest BCUT2D eigenvalue weighted by Crippen LogP contribution is -2.09. The Morgan fingerprint density at radius 3 is 2.32 bits per heavy atom. The molecule has 0 saturated carbocycles. The molecule has 25 heavy (non-hydrogen) atoms. The Morgan fingerprint density at radius 1 is 1.08 bits per heavy atom. The Labute approximate surface area is 155 Å². The van der Waals surface area contributed by atoms with Crippen molar-refractivity contribution in [2.45, 2.75) is 19.2 Å². The van der Waals surface area contributed by atoms with E-state index in [9.17, 15) is 9.90 Å². The summed E-state index contributed by atoms with van der Waals surface area (Å²) in [7, 11) is 0. The third kappa shape index (κ3) is 4.71. The van der Waals surface area contributed by atoms with Gasteiger partial charge in [0.2, 0.25) is 11.2 Å². The van der Waals surface area contributed by atoms with E-state index in [1.165, 1.54) is 0 Å². The molecule has 0 aliphatic heterocycles. The Balaban J connectivity index is 0.000000399. The van der Waals surface area contributed by atoms with Crippen molar-refractivity contribution >= 4 is 26.9 Å². The molecule has 4 nitrogen and oxygen atoms in total. The topological polar surface area (TPSA) is 62.5 Å². The standard InChI is InChI=1S/C16H11BrO3.C4H11N/c17-9-10-6-7-13-12(8-10)14(18)15(19)16(20-13)11-4-2-1-3-5-11;1-3-5-4-2/h1-8,19H,9H2;5H,3-4H2,1-2H3. The van der Waals surface area contributed by atoms with Gasteiger partial charge in [0.1, 0.15) is 5.58 Å². The van der Waals surface area contributed by atoms with E-state index in [-0.39, 0.29) is 11.5 Å². The molecule has 5 heteroatoms. The van der Waals surface area contributed by atoms with Crippen LogP contribution in [0.3, 0.4) is 0 Å². The van der Waals surface area contributed by atoms with E-state index >= 15 is 0 Å². The molecule has 2 N–H and O–H groups in total. The molecule has 0 radical (unpaired) electrons. The third-order valence-corrected chi connectivity index (χ3v) is 4.27. The van der Waals surface area contributed by atoms with E-state index in [1.807, 2.05) is 24.3 Å². The number of nitrogens with one attached hydrogen (secondary N) is 1. The van der Waals surface area contributed by atoms with Gasteiger partial charge in [-0.15, -0.1) is 0 Å². The minimum absolute atomic E-state index is 0.203. The molecule has 3 aromatic rings. The zero-order valence-corrected chi connectivity index (χ0v) is 16.0. The number of hydrogen-bond donors (Lipinski definition) is 2. The van der Waals surface area contributed by atoms with Crippen LogP contribution in [0.1, 0.15) is 19.4 Å². The highest BCUT2D eigenvalue weighted by atomic mass is 79.9. The SMILES string of the molecule is CCNCC.O=c1c(O)c(-c2ccccc2)oc2ccc(CBr)cc12. The largest absolute Gasteiger partial charge is 0.502 e. The molecular weight excluding hydrogens is 382 g/mol. The molecule has 0 spiro atoms. The fourth-order valence-electron chi connectivity index (χ4n) is 2.35. The average Bonchev–Trinajstić information content (AvgIpc) is 2.66. The number of rotatable bonds is 4. The van der Waals surface area contributed by atoms with Crippen molar-refractivity contribution in [1.29, 1.82) is 0 Å². The molecule has 132 valence electrons. The van der Waals surface area contributed by atoms with E-state index < -0.39 is 5.43 Å². The second-order valence-corrected chi connectivity index (χ2v) is 5.96. The number of benzene rings is 2. The fraction of sp³-hybridized carbons (Fsp3) is 0.250. The molecule has 1 heterocycles. The van der Waals surface area contributed by atoms with Crippen LogP contribution in [0.4, 0.5) is 0 Å². The number of aromatic hydroxyl groups is 1. The van der Waals surface area contributed by atoms with E-state index in [2.05, 4.69) is 35.1 Å². The monoisotopic (exact) mass is 403 g/mol. The molecule has 0 atom stereocenters. The van der Waals surface area contributed by atoms with Gasteiger partial charge in [-0.1, -0.05) is 66.2 Å². The molecule has 0 saturated heterocycles. The van der Waals surface area contributed by atoms with Gasteiger partial charge in [0.15, 0.2) is 5.76 Å². The van der Waals surface area contributed by atoms with Gasteiger partial charge in [-0.2, -0.15) is 0 Å². The van der Waals surface area contributed by atoms with E-state index in [4.69, 9.17) is 4.42 Å². The van der Waals surface area contributed by atoms with Crippen LogP contribution in [0.15, 0.2) is 57.7 Å². The lowest BCUT2D eigenvalue weighted by Gasteiger charge is -2.06. The van der Waals surface area contributed by atoms with Gasteiger partial charge >= 0.3 is 0 Å². The Hall–Kier alpha value is -2.11. The summed E-state index contributed by atoms with van der Waals surface area (Å²) in [5.74, 6) is -0.148. The fourth-order valence-corrected chi connectivity index (χ4v) is 2.70. The lowest BCUT2D eigenvalue weighted by atomic mass is 10.1. The third-order valence-electron chi connectivity index (χ3n) is 3.62. The normalized spacial score (nSPS) is 10.4. The maximum Gasteiger partial charge on any atom is 0.235 e. The van der Waals surface area contributed by atoms with Gasteiger partial charge < -0.3 is 14.8 Å². The molecule has 0 unspecified atom stereocenters. The smallest absolute Gasteiger partial charge is 0.235 e. The minimum atomic E-state index is -0.409. The van der Waals surface area contributed by atoms with E-state index in [0.29, 0.717) is 21.9 Å². The highest BCUT2D eigenvalue weighted by Gasteiger charge is 2.15. The summed E-state index contributed by atoms with van der Waals surface area (Å²) >= 11 is 3.34. The van der Waals surface area contributed by atoms with Crippen LogP contribution < -0.4 is 10.7 Å². The Kier molecular flexibility index (Phi) is 7.22. The van der Waals surface area contributed by atoms with Gasteiger partial charge in [-0.3, -0.25) is 4.79 Å². The zero-order chi connectivity index (χ0) is 18.2. The van der Waals surface area contributed by atoms with Crippen LogP contribution in [0, 0.1) is 0 Å². The molecule has 1 aromatic heterocycles. The van der Waals surface area contributed by atoms with Crippen molar-refractivity contribution in [3.8, 4) is 17.1 Å². The highest BCUT2D eigenvalue weighted by molar-refractivity contribution is 9.08. The minimum Gasteiger partial charge on any atom is -0.502 e. The van der Waals surface area contributed by atoms with E-state index in [1.54, 1.807) is 24.3 Å². The van der Waals surface area contributed by atoms with Crippen molar-refractivity contribution < 1.29 is 9.52 Å². The number of hydrogen-bond acceptors (Lipinski definition) is 4. The predicted octanol–water partition coefficient (Wildman–Crippen LogP) is 4.68. The zero-order valence-electron chi connectivity index (χ0n) is 14.4. The Bertz CT molecular complexity index is 873.